The Balaban J connectivity index is 0. The van der Waals surface area contributed by atoms with Crippen molar-refractivity contribution in [2.45, 2.75) is 39.3 Å². The molecule has 0 fully saturated rings. The summed E-state index contributed by atoms with van der Waals surface area (Å²) >= 11 is 0. The second-order valence-electron chi connectivity index (χ2n) is 1.82. The van der Waals surface area contributed by atoms with Gasteiger partial charge in [-0.2, -0.15) is 0 Å². The Kier molecular flexibility index (Phi) is 11.1. The van der Waals surface area contributed by atoms with E-state index in [0.717, 1.165) is 0 Å². The Bertz CT molecular complexity index is 51.6. The van der Waals surface area contributed by atoms with Gasteiger partial charge in [-0.1, -0.05) is 20.8 Å². The van der Waals surface area contributed by atoms with Gasteiger partial charge in [0.15, 0.2) is 0 Å². The highest BCUT2D eigenvalue weighted by Gasteiger charge is 2.09. The van der Waals surface area contributed by atoms with Crippen molar-refractivity contribution in [1.82, 2.24) is 0 Å². The summed E-state index contributed by atoms with van der Waals surface area (Å²) < 4.78 is 0. The molecule has 0 aliphatic rings. The van der Waals surface area contributed by atoms with Gasteiger partial charge in [-0.25, -0.2) is 0 Å². The van der Waals surface area contributed by atoms with Crippen LogP contribution >= 0.6 is 0 Å². The average Bonchev–Trinajstić information content (AvgIpc) is 2.05. The summed E-state index contributed by atoms with van der Waals surface area (Å²) in [7, 11) is 0. The number of hydrogen-bond acceptors (Lipinski definition) is 3. The fraction of sp³-hybridized carbons (Fsp3) is 1.00. The maximum atomic E-state index is 8.84. The molecule has 0 spiro atoms. The number of rotatable bonds is 3. The molecule has 0 radical (unpaired) electrons. The lowest BCUT2D eigenvalue weighted by Gasteiger charge is -2.12. The van der Waals surface area contributed by atoms with Crippen LogP contribution in [0.25, 0.3) is 0 Å². The van der Waals surface area contributed by atoms with Crippen molar-refractivity contribution in [2.75, 3.05) is 6.61 Å². The molecule has 0 aromatic rings. The van der Waals surface area contributed by atoms with Gasteiger partial charge in [0.05, 0.1) is 18.8 Å². The first-order valence-electron chi connectivity index (χ1n) is 3.76. The van der Waals surface area contributed by atoms with Crippen LogP contribution in [0.5, 0.6) is 0 Å². The molecule has 0 heterocycles. The molecule has 0 aromatic heterocycles. The van der Waals surface area contributed by atoms with Crippen molar-refractivity contribution in [2.24, 2.45) is 5.73 Å². The van der Waals surface area contributed by atoms with Gasteiger partial charge in [-0.15, -0.1) is 0 Å². The molecule has 0 rings (SSSR count). The predicted octanol–water partition coefficient (Wildman–Crippen LogP) is 0.103. The molecule has 0 saturated heterocycles. The van der Waals surface area contributed by atoms with E-state index >= 15 is 0 Å². The lowest BCUT2D eigenvalue weighted by atomic mass is 10.1. The second-order valence-corrected chi connectivity index (χ2v) is 1.82. The molecule has 0 saturated carbocycles. The third kappa shape index (κ3) is 6.01. The van der Waals surface area contributed by atoms with E-state index in [1.165, 1.54) is 0 Å². The fourth-order valence-corrected chi connectivity index (χ4v) is 0.424. The minimum absolute atomic E-state index is 0.144. The summed E-state index contributed by atoms with van der Waals surface area (Å²) in [5, 5.41) is 17.2. The molecule has 3 nitrogen and oxygen atoms in total. The van der Waals surface area contributed by atoms with Crippen molar-refractivity contribution >= 4 is 0 Å². The normalized spacial score (nSPS) is 15.0. The van der Waals surface area contributed by atoms with E-state index in [4.69, 9.17) is 15.9 Å². The molecule has 0 bridgehead atoms. The Morgan fingerprint density at radius 3 is 1.90 bits per heavy atom. The van der Waals surface area contributed by atoms with Crippen LogP contribution < -0.4 is 5.73 Å². The molecule has 2 unspecified atom stereocenters. The predicted molar refractivity (Wildman–Crippen MR) is 42.7 cm³/mol. The highest BCUT2D eigenvalue weighted by atomic mass is 16.3. The Morgan fingerprint density at radius 1 is 1.40 bits per heavy atom. The third-order valence-electron chi connectivity index (χ3n) is 1.12. The van der Waals surface area contributed by atoms with Crippen LogP contribution in [0.4, 0.5) is 0 Å². The summed E-state index contributed by atoms with van der Waals surface area (Å²) in [6, 6.07) is -0.472. The zero-order valence-electron chi connectivity index (χ0n) is 7.04. The van der Waals surface area contributed by atoms with Crippen LogP contribution in [-0.4, -0.2) is 29.0 Å². The Morgan fingerprint density at radius 2 is 1.80 bits per heavy atom. The van der Waals surface area contributed by atoms with Gasteiger partial charge in [0.2, 0.25) is 0 Å². The van der Waals surface area contributed by atoms with E-state index in [0.29, 0.717) is 6.42 Å². The van der Waals surface area contributed by atoms with Crippen LogP contribution in [-0.2, 0) is 0 Å². The quantitative estimate of drug-likeness (QED) is 0.533. The minimum Gasteiger partial charge on any atom is -0.395 e. The highest BCUT2D eigenvalue weighted by molar-refractivity contribution is 4.67. The molecule has 64 valence electrons. The number of aliphatic hydroxyl groups is 2. The van der Waals surface area contributed by atoms with Crippen molar-refractivity contribution in [1.29, 1.82) is 0 Å². The summed E-state index contributed by atoms with van der Waals surface area (Å²) in [5.74, 6) is 0. The fourth-order valence-electron chi connectivity index (χ4n) is 0.424. The largest absolute Gasteiger partial charge is 0.395 e. The molecule has 2 atom stereocenters. The zero-order valence-corrected chi connectivity index (χ0v) is 7.04. The zero-order chi connectivity index (χ0) is 8.57. The number of nitrogens with two attached hydrogens (primary N) is 1. The lowest BCUT2D eigenvalue weighted by molar-refractivity contribution is 0.106. The third-order valence-corrected chi connectivity index (χ3v) is 1.12. The Hall–Kier alpha value is -0.120. The van der Waals surface area contributed by atoms with Gasteiger partial charge in [0.1, 0.15) is 0 Å². The van der Waals surface area contributed by atoms with Gasteiger partial charge in [-0.3, -0.25) is 0 Å². The molecule has 4 N–H and O–H groups in total. The maximum absolute atomic E-state index is 8.84. The molecular formula is C7H19NO2. The Labute approximate surface area is 62.9 Å². The van der Waals surface area contributed by atoms with E-state index in [1.807, 2.05) is 20.8 Å². The first kappa shape index (κ1) is 12.5. The summed E-state index contributed by atoms with van der Waals surface area (Å²) in [6.45, 7) is 5.68. The van der Waals surface area contributed by atoms with Crippen LogP contribution in [0.2, 0.25) is 0 Å². The van der Waals surface area contributed by atoms with Crippen LogP contribution in [0.3, 0.4) is 0 Å². The van der Waals surface area contributed by atoms with Crippen molar-refractivity contribution < 1.29 is 10.2 Å². The van der Waals surface area contributed by atoms with Gasteiger partial charge in [0, 0.05) is 0 Å². The highest BCUT2D eigenvalue weighted by Crippen LogP contribution is 1.92. The molecule has 10 heavy (non-hydrogen) atoms. The van der Waals surface area contributed by atoms with Crippen molar-refractivity contribution in [3.63, 3.8) is 0 Å². The van der Waals surface area contributed by atoms with Crippen LogP contribution in [0.1, 0.15) is 27.2 Å². The van der Waals surface area contributed by atoms with Gasteiger partial charge in [0.25, 0.3) is 0 Å². The van der Waals surface area contributed by atoms with Gasteiger partial charge in [-0.05, 0) is 6.42 Å². The first-order valence-corrected chi connectivity index (χ1v) is 3.76. The van der Waals surface area contributed by atoms with Gasteiger partial charge < -0.3 is 15.9 Å². The summed E-state index contributed by atoms with van der Waals surface area (Å²) in [5.41, 5.74) is 5.23. The molecule has 3 heteroatoms. The average molecular weight is 149 g/mol. The van der Waals surface area contributed by atoms with E-state index in [9.17, 15) is 0 Å². The lowest BCUT2D eigenvalue weighted by Crippen LogP contribution is -2.37. The maximum Gasteiger partial charge on any atom is 0.0710 e. The van der Waals surface area contributed by atoms with Crippen molar-refractivity contribution in [3.05, 3.63) is 0 Å². The van der Waals surface area contributed by atoms with Crippen LogP contribution in [0, 0.1) is 0 Å². The van der Waals surface area contributed by atoms with E-state index < -0.39 is 12.1 Å². The van der Waals surface area contributed by atoms with Gasteiger partial charge >= 0.3 is 0 Å². The SMILES string of the molecule is CC.CCC(O)C(N)CO. The number of aliphatic hydroxyl groups excluding tert-OH is 2. The number of hydrogen-bond donors (Lipinski definition) is 3. The minimum atomic E-state index is -0.556. The first-order chi connectivity index (χ1) is 4.72. The summed E-state index contributed by atoms with van der Waals surface area (Å²) in [4.78, 5) is 0. The standard InChI is InChI=1S/C5H13NO2.C2H6/c1-2-5(8)4(6)3-7;1-2/h4-5,7-8H,2-3,6H2,1H3;1-2H3. The van der Waals surface area contributed by atoms with E-state index in [2.05, 4.69) is 0 Å². The molecule has 0 amide bonds. The smallest absolute Gasteiger partial charge is 0.0710 e. The second kappa shape index (κ2) is 8.88. The monoisotopic (exact) mass is 149 g/mol. The molecule has 0 aliphatic heterocycles. The molecular weight excluding hydrogens is 130 g/mol. The molecule has 0 aromatic carbocycles. The van der Waals surface area contributed by atoms with Crippen molar-refractivity contribution in [3.8, 4) is 0 Å². The summed E-state index contributed by atoms with van der Waals surface area (Å²) in [6.07, 6.45) is 0.0434. The topological polar surface area (TPSA) is 66.5 Å². The van der Waals surface area contributed by atoms with Crippen LogP contribution in [0.15, 0.2) is 0 Å². The molecule has 0 aliphatic carbocycles. The van der Waals surface area contributed by atoms with E-state index in [1.54, 1.807) is 0 Å². The van der Waals surface area contributed by atoms with E-state index in [-0.39, 0.29) is 6.61 Å².